The first-order chi connectivity index (χ1) is 10.7. The van der Waals surface area contributed by atoms with Crippen LogP contribution in [-0.2, 0) is 19.1 Å². The van der Waals surface area contributed by atoms with E-state index in [0.717, 1.165) is 20.3 Å². The van der Waals surface area contributed by atoms with Crippen molar-refractivity contribution in [3.05, 3.63) is 48.0 Å². The van der Waals surface area contributed by atoms with Crippen molar-refractivity contribution < 1.29 is 32.2 Å². The Hall–Kier alpha value is -2.31. The molecule has 0 heterocycles. The van der Waals surface area contributed by atoms with Gasteiger partial charge < -0.3 is 9.47 Å². The predicted molar refractivity (Wildman–Crippen MR) is 76.5 cm³/mol. The molecule has 0 aliphatic carbocycles. The van der Waals surface area contributed by atoms with Crippen molar-refractivity contribution in [3.8, 4) is 0 Å². The molecular formula is C16H17F3O4. The largest absolute Gasteiger partial charge is 0.468 e. The monoisotopic (exact) mass is 330 g/mol. The molecule has 23 heavy (non-hydrogen) atoms. The Kier molecular flexibility index (Phi) is 5.95. The summed E-state index contributed by atoms with van der Waals surface area (Å²) in [6.07, 6.45) is -3.82. The van der Waals surface area contributed by atoms with Crippen molar-refractivity contribution in [1.82, 2.24) is 0 Å². The van der Waals surface area contributed by atoms with Gasteiger partial charge in [0.15, 0.2) is 5.41 Å². The normalized spacial score (nSPS) is 13.7. The third-order valence-electron chi connectivity index (χ3n) is 3.48. The number of methoxy groups -OCH3 is 2. The summed E-state index contributed by atoms with van der Waals surface area (Å²) in [5, 5.41) is 0. The number of carbonyl (C=O) groups is 2. The average Bonchev–Trinajstić information content (AvgIpc) is 2.52. The predicted octanol–water partition coefficient (Wildman–Crippen LogP) is 3.24. The highest BCUT2D eigenvalue weighted by atomic mass is 19.4. The molecule has 1 atom stereocenters. The summed E-state index contributed by atoms with van der Waals surface area (Å²) in [4.78, 5) is 24.3. The van der Waals surface area contributed by atoms with Crippen molar-refractivity contribution in [2.45, 2.75) is 19.0 Å². The molecule has 0 bridgehead atoms. The highest BCUT2D eigenvalue weighted by Gasteiger charge is 2.50. The number of halogens is 3. The van der Waals surface area contributed by atoms with Crippen molar-refractivity contribution >= 4 is 11.9 Å². The molecule has 7 heteroatoms. The number of hydrogen-bond donors (Lipinski definition) is 0. The Morgan fingerprint density at radius 2 is 1.52 bits per heavy atom. The summed E-state index contributed by atoms with van der Waals surface area (Å²) in [5.41, 5.74) is -1.60. The lowest BCUT2D eigenvalue weighted by Crippen LogP contribution is -2.43. The number of allylic oxidation sites excluding steroid dienone is 2. The summed E-state index contributed by atoms with van der Waals surface area (Å²) in [6.45, 7) is 1.20. The van der Waals surface area contributed by atoms with Crippen LogP contribution in [0.5, 0.6) is 0 Å². The highest BCUT2D eigenvalue weighted by Crippen LogP contribution is 2.40. The van der Waals surface area contributed by atoms with E-state index in [-0.39, 0.29) is 6.08 Å². The van der Waals surface area contributed by atoms with Crippen LogP contribution in [0.4, 0.5) is 13.2 Å². The van der Waals surface area contributed by atoms with Crippen LogP contribution in [0.25, 0.3) is 0 Å². The van der Waals surface area contributed by atoms with E-state index >= 15 is 0 Å². The van der Waals surface area contributed by atoms with Gasteiger partial charge >= 0.3 is 18.1 Å². The van der Waals surface area contributed by atoms with Crippen LogP contribution < -0.4 is 0 Å². The van der Waals surface area contributed by atoms with Gasteiger partial charge in [-0.05, 0) is 12.5 Å². The second kappa shape index (κ2) is 7.30. The molecule has 0 amide bonds. The highest BCUT2D eigenvalue weighted by molar-refractivity contribution is 6.01. The third kappa shape index (κ3) is 4.34. The van der Waals surface area contributed by atoms with E-state index in [1.54, 1.807) is 18.2 Å². The van der Waals surface area contributed by atoms with Crippen molar-refractivity contribution in [2.24, 2.45) is 5.41 Å². The standard InChI is InChI=1S/C16H17F3O4/c1-15(13(20)22-2,14(21)23-3)12(9-10-16(17,18)19)11-7-5-4-6-8-11/h4-10,12H,1-3H3/b10-9+/t12-/m0/s1. The molecule has 126 valence electrons. The summed E-state index contributed by atoms with van der Waals surface area (Å²) in [6, 6.07) is 7.91. The number of esters is 2. The fourth-order valence-electron chi connectivity index (χ4n) is 2.26. The van der Waals surface area contributed by atoms with Gasteiger partial charge in [-0.2, -0.15) is 13.2 Å². The van der Waals surface area contributed by atoms with E-state index < -0.39 is 29.4 Å². The second-order valence-electron chi connectivity index (χ2n) is 4.97. The van der Waals surface area contributed by atoms with Gasteiger partial charge in [0.2, 0.25) is 0 Å². The Bertz CT molecular complexity index is 563. The molecule has 1 aromatic rings. The Balaban J connectivity index is 3.49. The molecule has 0 aliphatic heterocycles. The molecule has 4 nitrogen and oxygen atoms in total. The van der Waals surface area contributed by atoms with Gasteiger partial charge in [0.1, 0.15) is 0 Å². The Labute approximate surface area is 131 Å². The first-order valence-corrected chi connectivity index (χ1v) is 6.64. The van der Waals surface area contributed by atoms with Crippen molar-refractivity contribution in [2.75, 3.05) is 14.2 Å². The number of carbonyl (C=O) groups excluding carboxylic acids is 2. The molecule has 0 fully saturated rings. The third-order valence-corrected chi connectivity index (χ3v) is 3.48. The summed E-state index contributed by atoms with van der Waals surface area (Å²) < 4.78 is 46.9. The van der Waals surface area contributed by atoms with E-state index in [2.05, 4.69) is 9.47 Å². The lowest BCUT2D eigenvalue weighted by Gasteiger charge is -2.31. The smallest absolute Gasteiger partial charge is 0.409 e. The Morgan fingerprint density at radius 3 is 1.91 bits per heavy atom. The van der Waals surface area contributed by atoms with Crippen molar-refractivity contribution in [3.63, 3.8) is 0 Å². The van der Waals surface area contributed by atoms with Gasteiger partial charge in [0, 0.05) is 12.0 Å². The molecule has 1 aromatic carbocycles. The Morgan fingerprint density at radius 1 is 1.04 bits per heavy atom. The van der Waals surface area contributed by atoms with Gasteiger partial charge in [-0.1, -0.05) is 36.4 Å². The van der Waals surface area contributed by atoms with Crippen molar-refractivity contribution in [1.29, 1.82) is 0 Å². The van der Waals surface area contributed by atoms with E-state index in [9.17, 15) is 22.8 Å². The van der Waals surface area contributed by atoms with Crippen LogP contribution in [0.15, 0.2) is 42.5 Å². The molecule has 0 saturated carbocycles. The maximum Gasteiger partial charge on any atom is 0.409 e. The van der Waals surface area contributed by atoms with Crippen LogP contribution in [0.2, 0.25) is 0 Å². The maximum absolute atomic E-state index is 12.6. The van der Waals surface area contributed by atoms with E-state index in [0.29, 0.717) is 5.56 Å². The molecule has 0 unspecified atom stereocenters. The first-order valence-electron chi connectivity index (χ1n) is 6.64. The number of ether oxygens (including phenoxy) is 2. The molecule has 1 rings (SSSR count). The molecular weight excluding hydrogens is 313 g/mol. The zero-order chi connectivity index (χ0) is 17.7. The van der Waals surface area contributed by atoms with Gasteiger partial charge in [-0.3, -0.25) is 9.59 Å². The second-order valence-corrected chi connectivity index (χ2v) is 4.97. The van der Waals surface area contributed by atoms with Gasteiger partial charge in [0.25, 0.3) is 0 Å². The zero-order valence-electron chi connectivity index (χ0n) is 12.9. The summed E-state index contributed by atoms with van der Waals surface area (Å²) in [7, 11) is 2.11. The van der Waals surface area contributed by atoms with Crippen LogP contribution in [0.3, 0.4) is 0 Å². The van der Waals surface area contributed by atoms with Crippen LogP contribution in [-0.4, -0.2) is 32.3 Å². The zero-order valence-corrected chi connectivity index (χ0v) is 12.9. The molecule has 0 radical (unpaired) electrons. The van der Waals surface area contributed by atoms with Gasteiger partial charge in [-0.25, -0.2) is 0 Å². The number of hydrogen-bond acceptors (Lipinski definition) is 4. The lowest BCUT2D eigenvalue weighted by molar-refractivity contribution is -0.168. The molecule has 0 saturated heterocycles. The summed E-state index contributed by atoms with van der Waals surface area (Å²) >= 11 is 0. The van der Waals surface area contributed by atoms with Crippen LogP contribution in [0.1, 0.15) is 18.4 Å². The van der Waals surface area contributed by atoms with E-state index in [1.807, 2.05) is 0 Å². The van der Waals surface area contributed by atoms with E-state index in [1.165, 1.54) is 19.1 Å². The molecule has 0 N–H and O–H groups in total. The average molecular weight is 330 g/mol. The van der Waals surface area contributed by atoms with E-state index in [4.69, 9.17) is 0 Å². The minimum atomic E-state index is -4.58. The topological polar surface area (TPSA) is 52.6 Å². The molecule has 0 aliphatic rings. The van der Waals surface area contributed by atoms with Crippen LogP contribution in [0, 0.1) is 5.41 Å². The molecule has 0 spiro atoms. The minimum Gasteiger partial charge on any atom is -0.468 e. The maximum atomic E-state index is 12.6. The fourth-order valence-corrected chi connectivity index (χ4v) is 2.26. The lowest BCUT2D eigenvalue weighted by atomic mass is 9.73. The quantitative estimate of drug-likeness (QED) is 0.472. The first kappa shape index (κ1) is 18.7. The number of benzene rings is 1. The van der Waals surface area contributed by atoms with Gasteiger partial charge in [0.05, 0.1) is 14.2 Å². The number of rotatable bonds is 5. The summed E-state index contributed by atoms with van der Waals surface area (Å²) in [5.74, 6) is -3.17. The van der Waals surface area contributed by atoms with Crippen LogP contribution >= 0.6 is 0 Å². The SMILES string of the molecule is COC(=O)C(C)(C(=O)OC)[C@@H](/C=C/C(F)(F)F)c1ccccc1. The van der Waals surface area contributed by atoms with Gasteiger partial charge in [-0.15, -0.1) is 0 Å². The minimum absolute atomic E-state index is 0.00516. The number of alkyl halides is 3. The molecule has 0 aromatic heterocycles. The fraction of sp³-hybridized carbons (Fsp3) is 0.375.